The Hall–Kier alpha value is -1.85. The summed E-state index contributed by atoms with van der Waals surface area (Å²) in [5, 5.41) is 5.91. The third-order valence-electron chi connectivity index (χ3n) is 3.28. The van der Waals surface area contributed by atoms with Crippen LogP contribution in [0.15, 0.2) is 6.07 Å². The molecule has 0 aliphatic carbocycles. The SMILES string of the molecule is CCNc1cc(N2CCCC2C(=O)NC)nc(C)n1. The van der Waals surface area contributed by atoms with Crippen LogP contribution >= 0.6 is 0 Å². The molecule has 2 heterocycles. The lowest BCUT2D eigenvalue weighted by Crippen LogP contribution is -2.42. The van der Waals surface area contributed by atoms with Crippen molar-refractivity contribution in [1.29, 1.82) is 0 Å². The second kappa shape index (κ2) is 5.86. The average molecular weight is 263 g/mol. The molecule has 1 amide bonds. The molecule has 0 spiro atoms. The summed E-state index contributed by atoms with van der Waals surface area (Å²) in [6, 6.07) is 1.80. The predicted octanol–water partition coefficient (Wildman–Crippen LogP) is 0.932. The van der Waals surface area contributed by atoms with Gasteiger partial charge in [-0.25, -0.2) is 9.97 Å². The Labute approximate surface area is 113 Å². The second-order valence-electron chi connectivity index (χ2n) is 4.65. The maximum absolute atomic E-state index is 11.9. The third-order valence-corrected chi connectivity index (χ3v) is 3.28. The Morgan fingerprint density at radius 2 is 2.32 bits per heavy atom. The minimum atomic E-state index is -0.117. The summed E-state index contributed by atoms with van der Waals surface area (Å²) in [5.41, 5.74) is 0. The molecule has 19 heavy (non-hydrogen) atoms. The van der Waals surface area contributed by atoms with Crippen molar-refractivity contribution in [3.05, 3.63) is 11.9 Å². The maximum atomic E-state index is 11.9. The van der Waals surface area contributed by atoms with Crippen LogP contribution in [0.4, 0.5) is 11.6 Å². The molecule has 0 radical (unpaired) electrons. The van der Waals surface area contributed by atoms with Gasteiger partial charge in [0.15, 0.2) is 0 Å². The van der Waals surface area contributed by atoms with Crippen molar-refractivity contribution >= 4 is 17.5 Å². The number of nitrogens with zero attached hydrogens (tertiary/aromatic N) is 3. The van der Waals surface area contributed by atoms with Crippen molar-refractivity contribution < 1.29 is 4.79 Å². The summed E-state index contributed by atoms with van der Waals surface area (Å²) in [5.74, 6) is 2.41. The minimum absolute atomic E-state index is 0.0544. The van der Waals surface area contributed by atoms with Crippen molar-refractivity contribution in [3.8, 4) is 0 Å². The van der Waals surface area contributed by atoms with Crippen LogP contribution in [0.5, 0.6) is 0 Å². The number of anilines is 2. The predicted molar refractivity (Wildman–Crippen MR) is 75.4 cm³/mol. The fourth-order valence-corrected chi connectivity index (χ4v) is 2.45. The van der Waals surface area contributed by atoms with Crippen LogP contribution in [0.2, 0.25) is 0 Å². The van der Waals surface area contributed by atoms with Crippen molar-refractivity contribution in [2.24, 2.45) is 0 Å². The highest BCUT2D eigenvalue weighted by atomic mass is 16.2. The molecule has 1 aliphatic rings. The van der Waals surface area contributed by atoms with Gasteiger partial charge in [-0.15, -0.1) is 0 Å². The third kappa shape index (κ3) is 2.94. The van der Waals surface area contributed by atoms with Crippen LogP contribution < -0.4 is 15.5 Å². The molecule has 2 rings (SSSR count). The molecule has 1 aromatic heterocycles. The van der Waals surface area contributed by atoms with E-state index in [-0.39, 0.29) is 11.9 Å². The van der Waals surface area contributed by atoms with Gasteiger partial charge >= 0.3 is 0 Å². The first-order valence-corrected chi connectivity index (χ1v) is 6.73. The van der Waals surface area contributed by atoms with Crippen LogP contribution in [0, 0.1) is 6.92 Å². The molecule has 6 heteroatoms. The first-order valence-electron chi connectivity index (χ1n) is 6.73. The van der Waals surface area contributed by atoms with Crippen molar-refractivity contribution in [2.45, 2.75) is 32.7 Å². The highest BCUT2D eigenvalue weighted by Gasteiger charge is 2.31. The maximum Gasteiger partial charge on any atom is 0.242 e. The number of amides is 1. The van der Waals surface area contributed by atoms with E-state index in [0.29, 0.717) is 0 Å². The van der Waals surface area contributed by atoms with Crippen LogP contribution in [-0.2, 0) is 4.79 Å². The van der Waals surface area contributed by atoms with Crippen molar-refractivity contribution in [1.82, 2.24) is 15.3 Å². The summed E-state index contributed by atoms with van der Waals surface area (Å²) >= 11 is 0. The zero-order valence-electron chi connectivity index (χ0n) is 11.7. The lowest BCUT2D eigenvalue weighted by atomic mass is 10.2. The first kappa shape index (κ1) is 13.6. The van der Waals surface area contributed by atoms with E-state index in [1.807, 2.05) is 19.9 Å². The number of aromatic nitrogens is 2. The molecule has 2 N–H and O–H groups in total. The number of carbonyl (C=O) groups is 1. The van der Waals surface area contributed by atoms with E-state index >= 15 is 0 Å². The second-order valence-corrected chi connectivity index (χ2v) is 4.65. The van der Waals surface area contributed by atoms with Gasteiger partial charge < -0.3 is 15.5 Å². The topological polar surface area (TPSA) is 70.2 Å². The fraction of sp³-hybridized carbons (Fsp3) is 0.615. The Kier molecular flexibility index (Phi) is 4.19. The lowest BCUT2D eigenvalue weighted by Gasteiger charge is -2.24. The van der Waals surface area contributed by atoms with Gasteiger partial charge in [-0.3, -0.25) is 4.79 Å². The molecule has 1 atom stereocenters. The Morgan fingerprint density at radius 3 is 3.00 bits per heavy atom. The number of nitrogens with one attached hydrogen (secondary N) is 2. The highest BCUT2D eigenvalue weighted by molar-refractivity contribution is 5.85. The van der Waals surface area contributed by atoms with Crippen LogP contribution in [0.3, 0.4) is 0 Å². The molecule has 1 unspecified atom stereocenters. The molecule has 1 aromatic rings. The number of rotatable bonds is 4. The molecule has 6 nitrogen and oxygen atoms in total. The summed E-state index contributed by atoms with van der Waals surface area (Å²) < 4.78 is 0. The van der Waals surface area contributed by atoms with Gasteiger partial charge in [0, 0.05) is 26.2 Å². The molecular formula is C13H21N5O. The van der Waals surface area contributed by atoms with E-state index in [4.69, 9.17) is 0 Å². The van der Waals surface area contributed by atoms with Crippen molar-refractivity contribution in [2.75, 3.05) is 30.4 Å². The van der Waals surface area contributed by atoms with E-state index in [2.05, 4.69) is 25.5 Å². The number of hydrogen-bond donors (Lipinski definition) is 2. The summed E-state index contributed by atoms with van der Waals surface area (Å²) in [7, 11) is 1.67. The lowest BCUT2D eigenvalue weighted by molar-refractivity contribution is -0.121. The zero-order valence-corrected chi connectivity index (χ0v) is 11.7. The number of likely N-dealkylation sites (N-methyl/N-ethyl adjacent to an activating group) is 1. The monoisotopic (exact) mass is 263 g/mol. The molecule has 1 fully saturated rings. The van der Waals surface area contributed by atoms with Gasteiger partial charge in [-0.1, -0.05) is 0 Å². The molecule has 0 aromatic carbocycles. The minimum Gasteiger partial charge on any atom is -0.370 e. The molecule has 1 saturated heterocycles. The van der Waals surface area contributed by atoms with Crippen LogP contribution in [-0.4, -0.2) is 42.1 Å². The normalized spacial score (nSPS) is 18.5. The van der Waals surface area contributed by atoms with E-state index in [1.165, 1.54) is 0 Å². The van der Waals surface area contributed by atoms with Crippen molar-refractivity contribution in [3.63, 3.8) is 0 Å². The van der Waals surface area contributed by atoms with E-state index in [9.17, 15) is 4.79 Å². The average Bonchev–Trinajstić information content (AvgIpc) is 2.86. The Balaban J connectivity index is 2.27. The van der Waals surface area contributed by atoms with Gasteiger partial charge in [-0.2, -0.15) is 0 Å². The summed E-state index contributed by atoms with van der Waals surface area (Å²) in [4.78, 5) is 22.7. The molecule has 104 valence electrons. The molecule has 0 bridgehead atoms. The van der Waals surface area contributed by atoms with E-state index < -0.39 is 0 Å². The number of carbonyl (C=O) groups excluding carboxylic acids is 1. The highest BCUT2D eigenvalue weighted by Crippen LogP contribution is 2.25. The summed E-state index contributed by atoms with van der Waals surface area (Å²) in [6.07, 6.45) is 1.89. The number of hydrogen-bond acceptors (Lipinski definition) is 5. The molecule has 0 saturated carbocycles. The zero-order chi connectivity index (χ0) is 13.8. The van der Waals surface area contributed by atoms with Crippen LogP contribution in [0.1, 0.15) is 25.6 Å². The van der Waals surface area contributed by atoms with E-state index in [1.54, 1.807) is 7.05 Å². The van der Waals surface area contributed by atoms with Gasteiger partial charge in [0.05, 0.1) is 0 Å². The first-order chi connectivity index (χ1) is 9.15. The largest absolute Gasteiger partial charge is 0.370 e. The Bertz CT molecular complexity index is 462. The molecule has 1 aliphatic heterocycles. The van der Waals surface area contributed by atoms with Gasteiger partial charge in [-0.05, 0) is 26.7 Å². The van der Waals surface area contributed by atoms with Gasteiger partial charge in [0.1, 0.15) is 23.5 Å². The van der Waals surface area contributed by atoms with Gasteiger partial charge in [0.2, 0.25) is 5.91 Å². The summed E-state index contributed by atoms with van der Waals surface area (Å²) in [6.45, 7) is 5.57. The molecular weight excluding hydrogens is 242 g/mol. The quantitative estimate of drug-likeness (QED) is 0.845. The smallest absolute Gasteiger partial charge is 0.242 e. The Morgan fingerprint density at radius 1 is 1.53 bits per heavy atom. The van der Waals surface area contributed by atoms with E-state index in [0.717, 1.165) is 43.4 Å². The van der Waals surface area contributed by atoms with Crippen LogP contribution in [0.25, 0.3) is 0 Å². The van der Waals surface area contributed by atoms with Gasteiger partial charge in [0.25, 0.3) is 0 Å². The standard InChI is InChI=1S/C13H21N5O/c1-4-15-11-8-12(17-9(2)16-11)18-7-5-6-10(18)13(19)14-3/h8,10H,4-7H2,1-3H3,(H,14,19)(H,15,16,17). The fourth-order valence-electron chi connectivity index (χ4n) is 2.45. The number of aryl methyl sites for hydroxylation is 1.